The molecule has 3 N–H and O–H groups in total. The number of ether oxygens (including phenoxy) is 4. The van der Waals surface area contributed by atoms with E-state index < -0.39 is 97.5 Å². The van der Waals surface area contributed by atoms with E-state index in [-0.39, 0.29) is 25.7 Å². The van der Waals surface area contributed by atoms with Gasteiger partial charge in [-0.25, -0.2) is 9.13 Å². The van der Waals surface area contributed by atoms with E-state index in [9.17, 15) is 43.2 Å². The van der Waals surface area contributed by atoms with Crippen molar-refractivity contribution in [3.05, 3.63) is 0 Å². The molecule has 0 aromatic carbocycles. The third-order valence-electron chi connectivity index (χ3n) is 16.0. The van der Waals surface area contributed by atoms with Crippen LogP contribution in [0.4, 0.5) is 0 Å². The maximum absolute atomic E-state index is 13.0. The minimum atomic E-state index is -4.95. The number of unbranched alkanes of at least 4 members (excludes halogenated alkanes) is 41. The van der Waals surface area contributed by atoms with Crippen molar-refractivity contribution < 1.29 is 80.2 Å². The molecule has 0 bridgehead atoms. The number of rotatable bonds is 69. The van der Waals surface area contributed by atoms with Gasteiger partial charge in [0.2, 0.25) is 0 Å². The molecule has 0 aromatic rings. The first-order valence-corrected chi connectivity index (χ1v) is 39.1. The summed E-state index contributed by atoms with van der Waals surface area (Å²) in [5.41, 5.74) is 0. The zero-order chi connectivity index (χ0) is 64.9. The van der Waals surface area contributed by atoms with Gasteiger partial charge in [0.25, 0.3) is 0 Å². The van der Waals surface area contributed by atoms with Crippen LogP contribution in [0.25, 0.3) is 0 Å². The topological polar surface area (TPSA) is 237 Å². The molecule has 0 saturated heterocycles. The number of aliphatic hydroxyl groups is 1. The SMILES string of the molecule is CCCCCCCCCCCCCCCCCCC(=O)O[C@H](COC(=O)CCCCCCCCCCCCCCC(C)C)COP(=O)(O)OC[C@@H](O)COP(=O)(O)OC[C@@H](COC(=O)CCCCCCCCC)OC(=O)CCCCCCCCCCCC. The number of aliphatic hydroxyl groups excluding tert-OH is 1. The lowest BCUT2D eigenvalue weighted by Gasteiger charge is -2.21. The van der Waals surface area contributed by atoms with Crippen molar-refractivity contribution in [2.45, 2.75) is 374 Å². The van der Waals surface area contributed by atoms with Crippen molar-refractivity contribution in [2.24, 2.45) is 5.92 Å². The van der Waals surface area contributed by atoms with Gasteiger partial charge in [-0.15, -0.1) is 0 Å². The Hall–Kier alpha value is -1.94. The standard InChI is InChI=1S/C69H134O17P2/c1-6-9-12-15-18-20-22-23-24-25-26-31-35-40-45-50-55-69(74)86-65(59-80-67(72)53-48-43-38-34-30-28-27-29-32-37-41-46-51-62(4)5)61-84-88(77,78)82-57-63(70)56-81-87(75,76)83-60-64(58-79-66(71)52-47-42-36-17-14-11-8-3)85-68(73)54-49-44-39-33-21-19-16-13-10-7-2/h62-65,70H,6-61H2,1-5H3,(H,75,76)(H,77,78)/t63-,64+,65+/m0/s1. The molecule has 0 radical (unpaired) electrons. The number of carbonyl (C=O) groups is 4. The normalized spacial score (nSPS) is 14.1. The van der Waals surface area contributed by atoms with Gasteiger partial charge in [-0.3, -0.25) is 37.3 Å². The van der Waals surface area contributed by atoms with E-state index in [2.05, 4.69) is 34.6 Å². The quantitative estimate of drug-likeness (QED) is 0.0222. The Labute approximate surface area is 537 Å². The van der Waals surface area contributed by atoms with Crippen LogP contribution in [-0.4, -0.2) is 96.7 Å². The van der Waals surface area contributed by atoms with Crippen molar-refractivity contribution in [2.75, 3.05) is 39.6 Å². The monoisotopic (exact) mass is 1300 g/mol. The molecular formula is C69H134O17P2. The molecule has 88 heavy (non-hydrogen) atoms. The van der Waals surface area contributed by atoms with E-state index in [0.29, 0.717) is 25.7 Å². The molecule has 0 fully saturated rings. The Kier molecular flexibility index (Phi) is 61.1. The summed E-state index contributed by atoms with van der Waals surface area (Å²) < 4.78 is 68.1. The van der Waals surface area contributed by atoms with Crippen LogP contribution in [0.3, 0.4) is 0 Å². The molecule has 0 rings (SSSR count). The fourth-order valence-electron chi connectivity index (χ4n) is 10.5. The van der Waals surface area contributed by atoms with E-state index in [0.717, 1.165) is 109 Å². The van der Waals surface area contributed by atoms with Crippen molar-refractivity contribution in [1.82, 2.24) is 0 Å². The number of hydrogen-bond acceptors (Lipinski definition) is 15. The summed E-state index contributed by atoms with van der Waals surface area (Å²) in [6.45, 7) is 7.21. The third kappa shape index (κ3) is 62.8. The highest BCUT2D eigenvalue weighted by molar-refractivity contribution is 7.47. The first-order valence-electron chi connectivity index (χ1n) is 36.1. The molecule has 17 nitrogen and oxygen atoms in total. The minimum Gasteiger partial charge on any atom is -0.462 e. The first kappa shape index (κ1) is 86.1. The van der Waals surface area contributed by atoms with E-state index in [4.69, 9.17) is 37.0 Å². The van der Waals surface area contributed by atoms with Crippen LogP contribution in [0.5, 0.6) is 0 Å². The fraction of sp³-hybridized carbons (Fsp3) is 0.942. The zero-order valence-corrected chi connectivity index (χ0v) is 58.6. The molecule has 0 heterocycles. The second kappa shape index (κ2) is 62.5. The number of phosphoric acid groups is 2. The summed E-state index contributed by atoms with van der Waals surface area (Å²) in [6, 6.07) is 0. The number of esters is 4. The van der Waals surface area contributed by atoms with Crippen molar-refractivity contribution >= 4 is 39.5 Å². The van der Waals surface area contributed by atoms with Crippen LogP contribution in [0.15, 0.2) is 0 Å². The summed E-state index contributed by atoms with van der Waals surface area (Å²) in [5.74, 6) is -1.35. The van der Waals surface area contributed by atoms with E-state index in [1.54, 1.807) is 0 Å². The fourth-order valence-corrected chi connectivity index (χ4v) is 12.0. The average molecular weight is 1300 g/mol. The number of phosphoric ester groups is 2. The van der Waals surface area contributed by atoms with E-state index in [1.165, 1.54) is 167 Å². The Balaban J connectivity index is 5.20. The second-order valence-electron chi connectivity index (χ2n) is 25.4. The lowest BCUT2D eigenvalue weighted by Crippen LogP contribution is -2.30. The van der Waals surface area contributed by atoms with Crippen LogP contribution >= 0.6 is 15.6 Å². The molecule has 0 saturated carbocycles. The van der Waals surface area contributed by atoms with Gasteiger partial charge in [0, 0.05) is 25.7 Å². The van der Waals surface area contributed by atoms with E-state index >= 15 is 0 Å². The Bertz CT molecular complexity index is 1700. The van der Waals surface area contributed by atoms with Crippen molar-refractivity contribution in [3.8, 4) is 0 Å². The van der Waals surface area contributed by atoms with Crippen LogP contribution < -0.4 is 0 Å². The minimum absolute atomic E-state index is 0.106. The summed E-state index contributed by atoms with van der Waals surface area (Å²) in [4.78, 5) is 72.3. The molecule has 0 aliphatic carbocycles. The summed E-state index contributed by atoms with van der Waals surface area (Å²) >= 11 is 0. The van der Waals surface area contributed by atoms with Gasteiger partial charge < -0.3 is 33.8 Å². The zero-order valence-electron chi connectivity index (χ0n) is 56.9. The predicted octanol–water partition coefficient (Wildman–Crippen LogP) is 19.7. The van der Waals surface area contributed by atoms with Gasteiger partial charge >= 0.3 is 39.5 Å². The molecule has 0 aliphatic rings. The van der Waals surface area contributed by atoms with Gasteiger partial charge in [0.05, 0.1) is 26.4 Å². The molecule has 522 valence electrons. The summed E-state index contributed by atoms with van der Waals surface area (Å²) in [5, 5.41) is 10.6. The molecule has 0 spiro atoms. The molecule has 0 amide bonds. The number of carbonyl (C=O) groups excluding carboxylic acids is 4. The molecule has 0 aliphatic heterocycles. The summed E-state index contributed by atoms with van der Waals surface area (Å²) in [7, 11) is -9.89. The molecule has 0 aromatic heterocycles. The molecular weight excluding hydrogens is 1160 g/mol. The second-order valence-corrected chi connectivity index (χ2v) is 28.3. The van der Waals surface area contributed by atoms with Crippen LogP contribution in [0.1, 0.15) is 356 Å². The highest BCUT2D eigenvalue weighted by Gasteiger charge is 2.30. The van der Waals surface area contributed by atoms with Gasteiger partial charge in [-0.05, 0) is 31.6 Å². The van der Waals surface area contributed by atoms with Crippen LogP contribution in [0, 0.1) is 5.92 Å². The average Bonchev–Trinajstić information content (AvgIpc) is 3.65. The third-order valence-corrected chi connectivity index (χ3v) is 17.9. The maximum atomic E-state index is 13.0. The summed E-state index contributed by atoms with van der Waals surface area (Å²) in [6.07, 6.45) is 48.6. The van der Waals surface area contributed by atoms with Gasteiger partial charge in [-0.2, -0.15) is 0 Å². The smallest absolute Gasteiger partial charge is 0.462 e. The van der Waals surface area contributed by atoms with Crippen molar-refractivity contribution in [1.29, 1.82) is 0 Å². The van der Waals surface area contributed by atoms with Gasteiger partial charge in [0.1, 0.15) is 19.3 Å². The largest absolute Gasteiger partial charge is 0.472 e. The highest BCUT2D eigenvalue weighted by atomic mass is 31.2. The lowest BCUT2D eigenvalue weighted by atomic mass is 10.0. The lowest BCUT2D eigenvalue weighted by molar-refractivity contribution is -0.161. The first-order chi connectivity index (χ1) is 42.5. The van der Waals surface area contributed by atoms with Crippen LogP contribution in [-0.2, 0) is 65.4 Å². The van der Waals surface area contributed by atoms with E-state index in [1.807, 2.05) is 0 Å². The van der Waals surface area contributed by atoms with Gasteiger partial charge in [0.15, 0.2) is 12.2 Å². The Morgan fingerprint density at radius 1 is 0.307 bits per heavy atom. The molecule has 5 atom stereocenters. The highest BCUT2D eigenvalue weighted by Crippen LogP contribution is 2.45. The predicted molar refractivity (Wildman–Crippen MR) is 354 cm³/mol. The number of hydrogen-bond donors (Lipinski definition) is 3. The van der Waals surface area contributed by atoms with Gasteiger partial charge in [-0.1, -0.05) is 304 Å². The Morgan fingerprint density at radius 2 is 0.523 bits per heavy atom. The molecule has 19 heteroatoms. The van der Waals surface area contributed by atoms with Crippen LogP contribution in [0.2, 0.25) is 0 Å². The van der Waals surface area contributed by atoms with Crippen molar-refractivity contribution in [3.63, 3.8) is 0 Å². The Morgan fingerprint density at radius 3 is 0.773 bits per heavy atom. The maximum Gasteiger partial charge on any atom is 0.472 e. The molecule has 2 unspecified atom stereocenters.